The molecule has 0 spiro atoms. The van der Waals surface area contributed by atoms with Crippen LogP contribution in [0.3, 0.4) is 0 Å². The van der Waals surface area contributed by atoms with Gasteiger partial charge in [-0.25, -0.2) is 0 Å². The van der Waals surface area contributed by atoms with E-state index in [0.717, 1.165) is 25.7 Å². The van der Waals surface area contributed by atoms with Gasteiger partial charge < -0.3 is 15.7 Å². The monoisotopic (exact) mass is 228 g/mol. The fraction of sp³-hybridized carbons (Fsp3) is 0.917. The summed E-state index contributed by atoms with van der Waals surface area (Å²) < 4.78 is 0. The lowest BCUT2D eigenvalue weighted by molar-refractivity contribution is -0.121. The Morgan fingerprint density at radius 2 is 2.19 bits per heavy atom. The van der Waals surface area contributed by atoms with Crippen molar-refractivity contribution in [2.24, 2.45) is 0 Å². The molecule has 0 bridgehead atoms. The molecule has 1 rings (SSSR count). The molecule has 1 unspecified atom stereocenters. The standard InChI is InChI=1S/C12H24N2O2/c1-3-7-12(2,16)9-13-8-6-11(15)14-10-4-5-10/h10,13,16H,3-9H2,1-2H3,(H,14,15). The van der Waals surface area contributed by atoms with E-state index in [9.17, 15) is 9.90 Å². The van der Waals surface area contributed by atoms with E-state index in [-0.39, 0.29) is 5.91 Å². The van der Waals surface area contributed by atoms with Gasteiger partial charge in [-0.3, -0.25) is 4.79 Å². The number of carbonyl (C=O) groups is 1. The van der Waals surface area contributed by atoms with Crippen LogP contribution in [0.5, 0.6) is 0 Å². The summed E-state index contributed by atoms with van der Waals surface area (Å²) in [7, 11) is 0. The first-order valence-corrected chi connectivity index (χ1v) is 6.26. The van der Waals surface area contributed by atoms with Crippen molar-refractivity contribution in [3.8, 4) is 0 Å². The second kappa shape index (κ2) is 6.21. The van der Waals surface area contributed by atoms with Crippen LogP contribution in [0.15, 0.2) is 0 Å². The van der Waals surface area contributed by atoms with Crippen molar-refractivity contribution in [1.29, 1.82) is 0 Å². The van der Waals surface area contributed by atoms with Crippen molar-refractivity contribution in [2.45, 2.75) is 57.6 Å². The van der Waals surface area contributed by atoms with Crippen LogP contribution in [-0.2, 0) is 4.79 Å². The molecular weight excluding hydrogens is 204 g/mol. The third-order valence-electron chi connectivity index (χ3n) is 2.77. The van der Waals surface area contributed by atoms with E-state index < -0.39 is 5.60 Å². The highest BCUT2D eigenvalue weighted by Gasteiger charge is 2.23. The summed E-state index contributed by atoms with van der Waals surface area (Å²) in [4.78, 5) is 11.3. The molecule has 0 aliphatic heterocycles. The Bertz CT molecular complexity index is 225. The SMILES string of the molecule is CCCC(C)(O)CNCCC(=O)NC1CC1. The highest BCUT2D eigenvalue weighted by molar-refractivity contribution is 5.76. The predicted octanol–water partition coefficient (Wildman–Crippen LogP) is 0.796. The molecule has 1 atom stereocenters. The molecular formula is C12H24N2O2. The van der Waals surface area contributed by atoms with E-state index in [1.807, 2.05) is 6.92 Å². The van der Waals surface area contributed by atoms with E-state index in [0.29, 0.717) is 25.6 Å². The maximum Gasteiger partial charge on any atom is 0.221 e. The number of nitrogens with one attached hydrogen (secondary N) is 2. The third-order valence-corrected chi connectivity index (χ3v) is 2.77. The van der Waals surface area contributed by atoms with Crippen molar-refractivity contribution >= 4 is 5.91 Å². The molecule has 0 aromatic heterocycles. The lowest BCUT2D eigenvalue weighted by Crippen LogP contribution is -2.39. The summed E-state index contributed by atoms with van der Waals surface area (Å²) >= 11 is 0. The quantitative estimate of drug-likeness (QED) is 0.538. The average molecular weight is 228 g/mol. The molecule has 1 aliphatic carbocycles. The summed E-state index contributed by atoms with van der Waals surface area (Å²) in [6.07, 6.45) is 4.51. The molecule has 1 fully saturated rings. The van der Waals surface area contributed by atoms with Gasteiger partial charge in [-0.15, -0.1) is 0 Å². The largest absolute Gasteiger partial charge is 0.389 e. The van der Waals surface area contributed by atoms with Crippen molar-refractivity contribution in [3.63, 3.8) is 0 Å². The zero-order valence-electron chi connectivity index (χ0n) is 10.4. The predicted molar refractivity (Wildman–Crippen MR) is 64.2 cm³/mol. The maximum atomic E-state index is 11.3. The van der Waals surface area contributed by atoms with E-state index >= 15 is 0 Å². The molecule has 4 heteroatoms. The van der Waals surface area contributed by atoms with Gasteiger partial charge in [0.05, 0.1) is 5.60 Å². The Kier molecular flexibility index (Phi) is 5.22. The fourth-order valence-corrected chi connectivity index (χ4v) is 1.71. The summed E-state index contributed by atoms with van der Waals surface area (Å²) in [6.45, 7) is 5.07. The number of aliphatic hydroxyl groups is 1. The van der Waals surface area contributed by atoms with Crippen molar-refractivity contribution in [3.05, 3.63) is 0 Å². The third kappa shape index (κ3) is 6.08. The normalized spacial score (nSPS) is 19.2. The lowest BCUT2D eigenvalue weighted by Gasteiger charge is -2.22. The molecule has 3 N–H and O–H groups in total. The Morgan fingerprint density at radius 1 is 1.50 bits per heavy atom. The Labute approximate surface area is 97.8 Å². The van der Waals surface area contributed by atoms with Crippen LogP contribution in [0.2, 0.25) is 0 Å². The Morgan fingerprint density at radius 3 is 2.75 bits per heavy atom. The minimum absolute atomic E-state index is 0.116. The van der Waals surface area contributed by atoms with Crippen LogP contribution >= 0.6 is 0 Å². The van der Waals surface area contributed by atoms with Gasteiger partial charge in [0.25, 0.3) is 0 Å². The van der Waals surface area contributed by atoms with Crippen LogP contribution in [-0.4, -0.2) is 35.7 Å². The average Bonchev–Trinajstić information content (AvgIpc) is 2.96. The van der Waals surface area contributed by atoms with Gasteiger partial charge in [0.1, 0.15) is 0 Å². The molecule has 4 nitrogen and oxygen atoms in total. The zero-order chi connectivity index (χ0) is 12.0. The first-order chi connectivity index (χ1) is 7.53. The first kappa shape index (κ1) is 13.5. The van der Waals surface area contributed by atoms with Gasteiger partial charge in [0.2, 0.25) is 5.91 Å². The summed E-state index contributed by atoms with van der Waals surface area (Å²) in [6, 6.07) is 0.440. The zero-order valence-corrected chi connectivity index (χ0v) is 10.4. The van der Waals surface area contributed by atoms with E-state index in [2.05, 4.69) is 17.6 Å². The van der Waals surface area contributed by atoms with Crippen molar-refractivity contribution in [1.82, 2.24) is 10.6 Å². The summed E-state index contributed by atoms with van der Waals surface area (Å²) in [5, 5.41) is 15.9. The number of amides is 1. The maximum absolute atomic E-state index is 11.3. The molecule has 0 radical (unpaired) electrons. The second-order valence-corrected chi connectivity index (χ2v) is 5.02. The molecule has 94 valence electrons. The molecule has 1 saturated carbocycles. The minimum atomic E-state index is -0.651. The molecule has 0 heterocycles. The van der Waals surface area contributed by atoms with Gasteiger partial charge in [0, 0.05) is 25.6 Å². The first-order valence-electron chi connectivity index (χ1n) is 6.26. The van der Waals surface area contributed by atoms with E-state index in [4.69, 9.17) is 0 Å². The Balaban J connectivity index is 1.99. The highest BCUT2D eigenvalue weighted by atomic mass is 16.3. The van der Waals surface area contributed by atoms with Crippen LogP contribution in [0.4, 0.5) is 0 Å². The van der Waals surface area contributed by atoms with E-state index in [1.54, 1.807) is 0 Å². The second-order valence-electron chi connectivity index (χ2n) is 5.02. The van der Waals surface area contributed by atoms with E-state index in [1.165, 1.54) is 0 Å². The minimum Gasteiger partial charge on any atom is -0.389 e. The van der Waals surface area contributed by atoms with Crippen LogP contribution < -0.4 is 10.6 Å². The van der Waals surface area contributed by atoms with Gasteiger partial charge in [-0.05, 0) is 26.2 Å². The van der Waals surface area contributed by atoms with Gasteiger partial charge in [-0.2, -0.15) is 0 Å². The number of carbonyl (C=O) groups excluding carboxylic acids is 1. The van der Waals surface area contributed by atoms with Gasteiger partial charge in [-0.1, -0.05) is 13.3 Å². The summed E-state index contributed by atoms with van der Waals surface area (Å²) in [5.74, 6) is 0.116. The van der Waals surface area contributed by atoms with Crippen LogP contribution in [0.25, 0.3) is 0 Å². The Hall–Kier alpha value is -0.610. The molecule has 0 saturated heterocycles. The highest BCUT2D eigenvalue weighted by Crippen LogP contribution is 2.18. The van der Waals surface area contributed by atoms with Crippen LogP contribution in [0, 0.1) is 0 Å². The van der Waals surface area contributed by atoms with Gasteiger partial charge >= 0.3 is 0 Å². The fourth-order valence-electron chi connectivity index (χ4n) is 1.71. The van der Waals surface area contributed by atoms with Crippen molar-refractivity contribution < 1.29 is 9.90 Å². The molecule has 1 amide bonds. The van der Waals surface area contributed by atoms with Crippen molar-refractivity contribution in [2.75, 3.05) is 13.1 Å². The summed E-state index contributed by atoms with van der Waals surface area (Å²) in [5.41, 5.74) is -0.651. The molecule has 0 aromatic rings. The molecule has 1 aliphatic rings. The molecule has 0 aromatic carbocycles. The number of hydrogen-bond acceptors (Lipinski definition) is 3. The number of rotatable bonds is 8. The van der Waals surface area contributed by atoms with Crippen LogP contribution in [0.1, 0.15) is 46.0 Å². The topological polar surface area (TPSA) is 61.4 Å². The molecule has 16 heavy (non-hydrogen) atoms. The van der Waals surface area contributed by atoms with Gasteiger partial charge in [0.15, 0.2) is 0 Å². The lowest BCUT2D eigenvalue weighted by atomic mass is 10.0. The number of hydrogen-bond donors (Lipinski definition) is 3. The smallest absolute Gasteiger partial charge is 0.221 e.